The number of carbonyl (C=O) groups is 1. The van der Waals surface area contributed by atoms with Crippen molar-refractivity contribution < 1.29 is 4.79 Å². The summed E-state index contributed by atoms with van der Waals surface area (Å²) in [6.45, 7) is 0. The Hall–Kier alpha value is -1.92. The molecule has 2 aromatic carbocycles. The summed E-state index contributed by atoms with van der Waals surface area (Å²) in [5.41, 5.74) is 3.07. The van der Waals surface area contributed by atoms with Crippen LogP contribution in [0.25, 0.3) is 10.2 Å². The number of benzene rings is 2. The van der Waals surface area contributed by atoms with Crippen molar-refractivity contribution >= 4 is 54.3 Å². The van der Waals surface area contributed by atoms with Crippen LogP contribution in [0.4, 0.5) is 15.6 Å². The van der Waals surface area contributed by atoms with Crippen molar-refractivity contribution in [3.05, 3.63) is 52.5 Å². The third kappa shape index (κ3) is 3.23. The number of hydrogen-bond acceptors (Lipinski definition) is 3. The van der Waals surface area contributed by atoms with E-state index in [4.69, 9.17) is 0 Å². The summed E-state index contributed by atoms with van der Waals surface area (Å²) in [6, 6.07) is 13.4. The van der Waals surface area contributed by atoms with Gasteiger partial charge in [0.25, 0.3) is 0 Å². The molecule has 0 saturated heterocycles. The van der Waals surface area contributed by atoms with Crippen molar-refractivity contribution in [3.63, 3.8) is 0 Å². The van der Waals surface area contributed by atoms with E-state index in [1.807, 2.05) is 24.3 Å². The first-order valence-electron chi connectivity index (χ1n) is 7.42. The quantitative estimate of drug-likeness (QED) is 0.615. The van der Waals surface area contributed by atoms with Crippen molar-refractivity contribution in [1.29, 1.82) is 0 Å². The summed E-state index contributed by atoms with van der Waals surface area (Å²) in [4.78, 5) is 16.7. The van der Waals surface area contributed by atoms with Gasteiger partial charge in [-0.1, -0.05) is 39.4 Å². The molecule has 1 aliphatic carbocycles. The summed E-state index contributed by atoms with van der Waals surface area (Å²) in [5, 5.41) is 6.26. The molecule has 2 N–H and O–H groups in total. The van der Waals surface area contributed by atoms with Crippen LogP contribution in [0.2, 0.25) is 0 Å². The molecular weight excluding hydrogens is 374 g/mol. The number of para-hydroxylation sites is 1. The number of aromatic nitrogens is 1. The number of fused-ring (bicyclic) bond motifs is 1. The van der Waals surface area contributed by atoms with Crippen LogP contribution >= 0.6 is 27.3 Å². The SMILES string of the molecule is O=C(Nc1ccc(Br)cc1)Nc1nc2c(C3CC3)cccc2s1. The van der Waals surface area contributed by atoms with Gasteiger partial charge >= 0.3 is 6.03 Å². The molecule has 0 radical (unpaired) electrons. The fourth-order valence-electron chi connectivity index (χ4n) is 2.54. The van der Waals surface area contributed by atoms with Gasteiger partial charge in [0, 0.05) is 10.2 Å². The molecular formula is C17H14BrN3OS. The molecule has 2 amide bonds. The first-order valence-corrected chi connectivity index (χ1v) is 9.03. The van der Waals surface area contributed by atoms with Gasteiger partial charge in [-0.05, 0) is 54.7 Å². The fourth-order valence-corrected chi connectivity index (χ4v) is 3.70. The number of urea groups is 1. The third-order valence-electron chi connectivity index (χ3n) is 3.79. The highest BCUT2D eigenvalue weighted by atomic mass is 79.9. The zero-order valence-corrected chi connectivity index (χ0v) is 14.6. The van der Waals surface area contributed by atoms with Gasteiger partial charge in [-0.15, -0.1) is 0 Å². The molecule has 6 heteroatoms. The molecule has 4 rings (SSSR count). The Morgan fingerprint density at radius 1 is 1.13 bits per heavy atom. The van der Waals surface area contributed by atoms with Crippen LogP contribution in [0, 0.1) is 0 Å². The molecule has 1 saturated carbocycles. The zero-order chi connectivity index (χ0) is 15.8. The minimum absolute atomic E-state index is 0.278. The van der Waals surface area contributed by atoms with E-state index in [0.29, 0.717) is 11.0 Å². The van der Waals surface area contributed by atoms with E-state index in [1.165, 1.54) is 29.7 Å². The molecule has 1 aromatic heterocycles. The molecule has 1 aliphatic rings. The highest BCUT2D eigenvalue weighted by Crippen LogP contribution is 2.44. The van der Waals surface area contributed by atoms with E-state index >= 15 is 0 Å². The molecule has 116 valence electrons. The number of halogens is 1. The van der Waals surface area contributed by atoms with Crippen LogP contribution < -0.4 is 10.6 Å². The van der Waals surface area contributed by atoms with Crippen LogP contribution in [0.1, 0.15) is 24.3 Å². The van der Waals surface area contributed by atoms with Gasteiger partial charge in [0.15, 0.2) is 5.13 Å². The Bertz CT molecular complexity index is 871. The Balaban J connectivity index is 1.52. The number of nitrogens with one attached hydrogen (secondary N) is 2. The second-order valence-corrected chi connectivity index (χ2v) is 7.52. The van der Waals surface area contributed by atoms with Crippen LogP contribution in [-0.2, 0) is 0 Å². The maximum atomic E-state index is 12.1. The molecule has 4 nitrogen and oxygen atoms in total. The van der Waals surface area contributed by atoms with E-state index in [0.717, 1.165) is 20.4 Å². The monoisotopic (exact) mass is 387 g/mol. The highest BCUT2D eigenvalue weighted by molar-refractivity contribution is 9.10. The number of thiazole rings is 1. The van der Waals surface area contributed by atoms with Gasteiger partial charge in [0.2, 0.25) is 0 Å². The Morgan fingerprint density at radius 3 is 2.65 bits per heavy atom. The second kappa shape index (κ2) is 5.94. The molecule has 0 bridgehead atoms. The average molecular weight is 388 g/mol. The lowest BCUT2D eigenvalue weighted by Crippen LogP contribution is -2.19. The summed E-state index contributed by atoms with van der Waals surface area (Å²) >= 11 is 4.88. The molecule has 0 unspecified atom stereocenters. The molecule has 23 heavy (non-hydrogen) atoms. The molecule has 0 atom stereocenters. The number of amides is 2. The Kier molecular flexibility index (Phi) is 3.79. The van der Waals surface area contributed by atoms with Gasteiger partial charge in [0.05, 0.1) is 10.2 Å². The van der Waals surface area contributed by atoms with Gasteiger partial charge in [0.1, 0.15) is 0 Å². The zero-order valence-electron chi connectivity index (χ0n) is 12.2. The predicted molar refractivity (Wildman–Crippen MR) is 98.4 cm³/mol. The van der Waals surface area contributed by atoms with Crippen LogP contribution in [-0.4, -0.2) is 11.0 Å². The maximum Gasteiger partial charge on any atom is 0.325 e. The number of carbonyl (C=O) groups excluding carboxylic acids is 1. The van der Waals surface area contributed by atoms with E-state index in [9.17, 15) is 4.79 Å². The lowest BCUT2D eigenvalue weighted by atomic mass is 10.1. The van der Waals surface area contributed by atoms with Gasteiger partial charge in [-0.2, -0.15) is 0 Å². The topological polar surface area (TPSA) is 54.0 Å². The number of nitrogens with zero attached hydrogens (tertiary/aromatic N) is 1. The molecule has 1 heterocycles. The molecule has 0 spiro atoms. The first kappa shape index (κ1) is 14.7. The van der Waals surface area contributed by atoms with Crippen molar-refractivity contribution in [2.45, 2.75) is 18.8 Å². The van der Waals surface area contributed by atoms with Crippen molar-refractivity contribution in [1.82, 2.24) is 4.98 Å². The molecule has 0 aliphatic heterocycles. The summed E-state index contributed by atoms with van der Waals surface area (Å²) in [5.74, 6) is 0.644. The van der Waals surface area contributed by atoms with E-state index in [1.54, 1.807) is 0 Å². The van der Waals surface area contributed by atoms with Crippen LogP contribution in [0.15, 0.2) is 46.9 Å². The number of hydrogen-bond donors (Lipinski definition) is 2. The van der Waals surface area contributed by atoms with E-state index in [-0.39, 0.29) is 6.03 Å². The van der Waals surface area contributed by atoms with E-state index in [2.05, 4.69) is 49.7 Å². The minimum Gasteiger partial charge on any atom is -0.308 e. The highest BCUT2D eigenvalue weighted by Gasteiger charge is 2.26. The fraction of sp³-hybridized carbons (Fsp3) is 0.176. The summed E-state index contributed by atoms with van der Waals surface area (Å²) in [6.07, 6.45) is 2.48. The first-order chi connectivity index (χ1) is 11.2. The molecule has 1 fully saturated rings. The van der Waals surface area contributed by atoms with Gasteiger partial charge < -0.3 is 5.32 Å². The maximum absolute atomic E-state index is 12.1. The van der Waals surface area contributed by atoms with Crippen LogP contribution in [0.3, 0.4) is 0 Å². The number of rotatable bonds is 3. The van der Waals surface area contributed by atoms with Gasteiger partial charge in [-0.3, -0.25) is 5.32 Å². The molecule has 3 aromatic rings. The normalized spacial score (nSPS) is 14.0. The second-order valence-electron chi connectivity index (χ2n) is 5.57. The smallest absolute Gasteiger partial charge is 0.308 e. The van der Waals surface area contributed by atoms with Crippen LogP contribution in [0.5, 0.6) is 0 Å². The lowest BCUT2D eigenvalue weighted by molar-refractivity contribution is 0.262. The van der Waals surface area contributed by atoms with Crippen molar-refractivity contribution in [2.75, 3.05) is 10.6 Å². The minimum atomic E-state index is -0.278. The third-order valence-corrected chi connectivity index (χ3v) is 5.25. The number of anilines is 2. The Morgan fingerprint density at radius 2 is 1.91 bits per heavy atom. The van der Waals surface area contributed by atoms with Crippen molar-refractivity contribution in [2.24, 2.45) is 0 Å². The average Bonchev–Trinajstić information content (AvgIpc) is 3.29. The summed E-state index contributed by atoms with van der Waals surface area (Å²) in [7, 11) is 0. The summed E-state index contributed by atoms with van der Waals surface area (Å²) < 4.78 is 2.09. The standard InChI is InChI=1S/C17H14BrN3OS/c18-11-6-8-12(9-7-11)19-16(22)21-17-20-15-13(10-4-5-10)2-1-3-14(15)23-17/h1-3,6-10H,4-5H2,(H2,19,20,21,22). The van der Waals surface area contributed by atoms with Crippen molar-refractivity contribution in [3.8, 4) is 0 Å². The Labute approximate surface area is 146 Å². The van der Waals surface area contributed by atoms with Gasteiger partial charge in [-0.25, -0.2) is 9.78 Å². The predicted octanol–water partition coefficient (Wildman–Crippen LogP) is 5.58. The van der Waals surface area contributed by atoms with E-state index < -0.39 is 0 Å². The largest absolute Gasteiger partial charge is 0.325 e. The lowest BCUT2D eigenvalue weighted by Gasteiger charge is -2.05.